The molecule has 2 rings (SSSR count). The Morgan fingerprint density at radius 3 is 2.59 bits per heavy atom. The number of rotatable bonds is 4. The fraction of sp³-hybridized carbons (Fsp3) is 0.571. The number of hydrogen-bond donors (Lipinski definition) is 1. The van der Waals surface area contributed by atoms with Gasteiger partial charge in [-0.1, -0.05) is 41.6 Å². The first kappa shape index (κ1) is 13.0. The zero-order valence-electron chi connectivity index (χ0n) is 9.96. The smallest absolute Gasteiger partial charge is 0.124 e. The minimum Gasteiger partial charge on any atom is -0.330 e. The third-order valence-corrected chi connectivity index (χ3v) is 4.25. The fourth-order valence-corrected chi connectivity index (χ4v) is 3.42. The first-order valence-corrected chi connectivity index (χ1v) is 7.13. The van der Waals surface area contributed by atoms with E-state index >= 15 is 0 Å². The van der Waals surface area contributed by atoms with Crippen molar-refractivity contribution in [1.82, 2.24) is 0 Å². The molecule has 17 heavy (non-hydrogen) atoms. The van der Waals surface area contributed by atoms with Crippen LogP contribution in [0.5, 0.6) is 0 Å². The molecule has 94 valence electrons. The first-order valence-electron chi connectivity index (χ1n) is 6.34. The third kappa shape index (κ3) is 3.52. The summed E-state index contributed by atoms with van der Waals surface area (Å²) in [5, 5.41) is 0. The van der Waals surface area contributed by atoms with Gasteiger partial charge in [-0.2, -0.15) is 0 Å². The topological polar surface area (TPSA) is 26.0 Å². The summed E-state index contributed by atoms with van der Waals surface area (Å²) in [4.78, 5) is 0. The summed E-state index contributed by atoms with van der Waals surface area (Å²) in [6.07, 6.45) is 6.14. The summed E-state index contributed by atoms with van der Waals surface area (Å²) in [5.74, 6) is 1.07. The van der Waals surface area contributed by atoms with Gasteiger partial charge in [0.1, 0.15) is 5.82 Å². The second-order valence-electron chi connectivity index (χ2n) is 5.02. The van der Waals surface area contributed by atoms with E-state index in [0.717, 1.165) is 22.4 Å². The number of benzene rings is 1. The highest BCUT2D eigenvalue weighted by atomic mass is 79.9. The summed E-state index contributed by atoms with van der Waals surface area (Å²) >= 11 is 3.34. The average Bonchev–Trinajstić information content (AvgIpc) is 2.77. The molecule has 1 aliphatic rings. The highest BCUT2D eigenvalue weighted by Crippen LogP contribution is 2.33. The molecule has 1 atom stereocenters. The lowest BCUT2D eigenvalue weighted by Gasteiger charge is -2.21. The maximum atomic E-state index is 13.3. The fourth-order valence-electron chi connectivity index (χ4n) is 2.90. The lowest BCUT2D eigenvalue weighted by atomic mass is 9.86. The van der Waals surface area contributed by atoms with Gasteiger partial charge >= 0.3 is 0 Å². The van der Waals surface area contributed by atoms with Crippen LogP contribution in [-0.4, -0.2) is 6.54 Å². The van der Waals surface area contributed by atoms with Crippen molar-refractivity contribution in [3.8, 4) is 0 Å². The molecular formula is C14H19BrFN. The van der Waals surface area contributed by atoms with Crippen LogP contribution in [0.15, 0.2) is 22.7 Å². The van der Waals surface area contributed by atoms with Crippen LogP contribution in [-0.2, 0) is 6.42 Å². The third-order valence-electron chi connectivity index (χ3n) is 3.79. The molecule has 1 unspecified atom stereocenters. The monoisotopic (exact) mass is 299 g/mol. The first-order chi connectivity index (χ1) is 8.19. The van der Waals surface area contributed by atoms with Gasteiger partial charge in [0, 0.05) is 4.47 Å². The van der Waals surface area contributed by atoms with Gasteiger partial charge < -0.3 is 5.73 Å². The van der Waals surface area contributed by atoms with Crippen LogP contribution in [0.25, 0.3) is 0 Å². The molecule has 1 aliphatic carbocycles. The minimum absolute atomic E-state index is 0.170. The predicted octanol–water partition coefficient (Wildman–Crippen LogP) is 3.90. The molecule has 0 heterocycles. The SMILES string of the molecule is NCC(Cc1cc(F)cc(Br)c1)C1CCCC1. The highest BCUT2D eigenvalue weighted by Gasteiger charge is 2.24. The van der Waals surface area contributed by atoms with Gasteiger partial charge in [-0.05, 0) is 48.6 Å². The van der Waals surface area contributed by atoms with Crippen LogP contribution in [0.3, 0.4) is 0 Å². The van der Waals surface area contributed by atoms with Gasteiger partial charge in [0.25, 0.3) is 0 Å². The molecule has 0 radical (unpaired) electrons. The molecule has 1 nitrogen and oxygen atoms in total. The zero-order chi connectivity index (χ0) is 12.3. The van der Waals surface area contributed by atoms with Crippen molar-refractivity contribution in [2.75, 3.05) is 6.54 Å². The summed E-state index contributed by atoms with van der Waals surface area (Å²) in [7, 11) is 0. The highest BCUT2D eigenvalue weighted by molar-refractivity contribution is 9.10. The maximum absolute atomic E-state index is 13.3. The van der Waals surface area contributed by atoms with Gasteiger partial charge in [-0.3, -0.25) is 0 Å². The van der Waals surface area contributed by atoms with E-state index in [0.29, 0.717) is 12.5 Å². The Morgan fingerprint density at radius 2 is 2.00 bits per heavy atom. The van der Waals surface area contributed by atoms with Gasteiger partial charge in [-0.25, -0.2) is 4.39 Å². The van der Waals surface area contributed by atoms with Gasteiger partial charge in [0.15, 0.2) is 0 Å². The number of hydrogen-bond acceptors (Lipinski definition) is 1. The second-order valence-corrected chi connectivity index (χ2v) is 5.94. The van der Waals surface area contributed by atoms with Crippen molar-refractivity contribution >= 4 is 15.9 Å². The standard InChI is InChI=1S/C14H19BrFN/c15-13-6-10(7-14(16)8-13)5-12(9-17)11-3-1-2-4-11/h6-8,11-12H,1-5,9,17H2. The van der Waals surface area contributed by atoms with Crippen molar-refractivity contribution < 1.29 is 4.39 Å². The second kappa shape index (κ2) is 5.96. The molecule has 2 N–H and O–H groups in total. The predicted molar refractivity (Wildman–Crippen MR) is 72.3 cm³/mol. The molecule has 0 aromatic heterocycles. The quantitative estimate of drug-likeness (QED) is 0.897. The van der Waals surface area contributed by atoms with Crippen molar-refractivity contribution in [2.24, 2.45) is 17.6 Å². The summed E-state index contributed by atoms with van der Waals surface area (Å²) < 4.78 is 14.1. The van der Waals surface area contributed by atoms with E-state index in [1.807, 2.05) is 6.07 Å². The molecule has 0 saturated heterocycles. The molecule has 3 heteroatoms. The Kier molecular flexibility index (Phi) is 4.57. The Hall–Kier alpha value is -0.410. The van der Waals surface area contributed by atoms with Crippen molar-refractivity contribution in [1.29, 1.82) is 0 Å². The Labute approximate surface area is 111 Å². The van der Waals surface area contributed by atoms with Crippen molar-refractivity contribution in [2.45, 2.75) is 32.1 Å². The normalized spacial score (nSPS) is 18.5. The zero-order valence-corrected chi connectivity index (χ0v) is 11.5. The van der Waals surface area contributed by atoms with E-state index in [-0.39, 0.29) is 5.82 Å². The van der Waals surface area contributed by atoms with Gasteiger partial charge in [-0.15, -0.1) is 0 Å². The lowest BCUT2D eigenvalue weighted by molar-refractivity contribution is 0.344. The Balaban J connectivity index is 2.06. The van der Waals surface area contributed by atoms with E-state index in [9.17, 15) is 4.39 Å². The van der Waals surface area contributed by atoms with Crippen LogP contribution >= 0.6 is 15.9 Å². The molecule has 0 amide bonds. The van der Waals surface area contributed by atoms with E-state index < -0.39 is 0 Å². The van der Waals surface area contributed by atoms with E-state index in [1.165, 1.54) is 31.7 Å². The van der Waals surface area contributed by atoms with Crippen LogP contribution in [0, 0.1) is 17.7 Å². The van der Waals surface area contributed by atoms with Crippen LogP contribution < -0.4 is 5.73 Å². The molecule has 0 aliphatic heterocycles. The molecule has 1 aromatic rings. The molecule has 1 fully saturated rings. The Morgan fingerprint density at radius 1 is 1.29 bits per heavy atom. The molecule has 0 bridgehead atoms. The summed E-state index contributed by atoms with van der Waals surface area (Å²) in [6, 6.07) is 5.12. The maximum Gasteiger partial charge on any atom is 0.124 e. The van der Waals surface area contributed by atoms with Gasteiger partial charge in [0.2, 0.25) is 0 Å². The number of nitrogens with two attached hydrogens (primary N) is 1. The summed E-state index contributed by atoms with van der Waals surface area (Å²) in [5.41, 5.74) is 6.93. The van der Waals surface area contributed by atoms with Crippen molar-refractivity contribution in [3.05, 3.63) is 34.1 Å². The minimum atomic E-state index is -0.170. The van der Waals surface area contributed by atoms with Crippen LogP contribution in [0.2, 0.25) is 0 Å². The molecule has 1 saturated carbocycles. The Bertz CT molecular complexity index is 354. The van der Waals surface area contributed by atoms with E-state index in [4.69, 9.17) is 5.73 Å². The lowest BCUT2D eigenvalue weighted by Crippen LogP contribution is -2.24. The largest absolute Gasteiger partial charge is 0.330 e. The number of halogens is 2. The van der Waals surface area contributed by atoms with Crippen LogP contribution in [0.4, 0.5) is 4.39 Å². The van der Waals surface area contributed by atoms with E-state index in [1.54, 1.807) is 6.07 Å². The molecule has 0 spiro atoms. The van der Waals surface area contributed by atoms with Crippen molar-refractivity contribution in [3.63, 3.8) is 0 Å². The van der Waals surface area contributed by atoms with Gasteiger partial charge in [0.05, 0.1) is 0 Å². The molecular weight excluding hydrogens is 281 g/mol. The average molecular weight is 300 g/mol. The summed E-state index contributed by atoms with van der Waals surface area (Å²) in [6.45, 7) is 0.707. The van der Waals surface area contributed by atoms with Crippen LogP contribution in [0.1, 0.15) is 31.2 Å². The van der Waals surface area contributed by atoms with E-state index in [2.05, 4.69) is 15.9 Å². The molecule has 1 aromatic carbocycles.